The van der Waals surface area contributed by atoms with Gasteiger partial charge in [-0.25, -0.2) is 4.98 Å². The molecule has 2 heterocycles. The summed E-state index contributed by atoms with van der Waals surface area (Å²) in [6.45, 7) is 0.194. The molecule has 0 fully saturated rings. The first kappa shape index (κ1) is 16.0. The molecule has 0 saturated carbocycles. The predicted octanol–water partition coefficient (Wildman–Crippen LogP) is 1.49. The number of anilines is 3. The van der Waals surface area contributed by atoms with Crippen molar-refractivity contribution >= 4 is 17.5 Å². The molecule has 2 rings (SSSR count). The Morgan fingerprint density at radius 1 is 1.32 bits per heavy atom. The maximum atomic E-state index is 12.9. The minimum atomic E-state index is -4.56. The highest BCUT2D eigenvalue weighted by Gasteiger charge is 2.34. The molecular weight excluding hydrogens is 301 g/mol. The van der Waals surface area contributed by atoms with Crippen molar-refractivity contribution in [2.45, 2.75) is 12.7 Å². The minimum Gasteiger partial charge on any atom is -0.394 e. The Morgan fingerprint density at radius 3 is 2.64 bits per heavy atom. The van der Waals surface area contributed by atoms with Gasteiger partial charge in [0.15, 0.2) is 5.69 Å². The molecule has 0 unspecified atom stereocenters. The van der Waals surface area contributed by atoms with Crippen molar-refractivity contribution < 1.29 is 18.3 Å². The first-order chi connectivity index (χ1) is 10.3. The second-order valence-electron chi connectivity index (χ2n) is 4.67. The van der Waals surface area contributed by atoms with Crippen molar-refractivity contribution in [2.24, 2.45) is 0 Å². The number of nitrogens with one attached hydrogen (secondary N) is 1. The summed E-state index contributed by atoms with van der Waals surface area (Å²) in [7, 11) is 3.18. The summed E-state index contributed by atoms with van der Waals surface area (Å²) >= 11 is 0. The zero-order chi connectivity index (χ0) is 16.3. The summed E-state index contributed by atoms with van der Waals surface area (Å²) in [5, 5.41) is 15.4. The van der Waals surface area contributed by atoms with Gasteiger partial charge in [-0.2, -0.15) is 23.3 Å². The average Bonchev–Trinajstić information content (AvgIpc) is 2.85. The maximum absolute atomic E-state index is 12.9. The van der Waals surface area contributed by atoms with Crippen molar-refractivity contribution in [1.82, 2.24) is 19.7 Å². The second-order valence-corrected chi connectivity index (χ2v) is 4.67. The molecule has 2 N–H and O–H groups in total. The van der Waals surface area contributed by atoms with Gasteiger partial charge >= 0.3 is 6.18 Å². The van der Waals surface area contributed by atoms with E-state index < -0.39 is 11.9 Å². The molecular formula is C12H15F3N6O. The van der Waals surface area contributed by atoms with E-state index >= 15 is 0 Å². The third kappa shape index (κ3) is 3.85. The molecule has 22 heavy (non-hydrogen) atoms. The van der Waals surface area contributed by atoms with Gasteiger partial charge in [-0.3, -0.25) is 4.68 Å². The Labute approximate surface area is 124 Å². The summed E-state index contributed by atoms with van der Waals surface area (Å²) in [5.74, 6) is -0.0466. The quantitative estimate of drug-likeness (QED) is 0.870. The lowest BCUT2D eigenvalue weighted by atomic mass is 10.3. The molecule has 0 spiro atoms. The van der Waals surface area contributed by atoms with Crippen LogP contribution in [0.5, 0.6) is 0 Å². The first-order valence-electron chi connectivity index (χ1n) is 6.33. The molecule has 0 aliphatic heterocycles. The molecule has 0 aliphatic carbocycles. The van der Waals surface area contributed by atoms with Crippen LogP contribution in [0.25, 0.3) is 0 Å². The maximum Gasteiger partial charge on any atom is 0.433 e. The fourth-order valence-corrected chi connectivity index (χ4v) is 1.65. The zero-order valence-electron chi connectivity index (χ0n) is 12.0. The Balaban J connectivity index is 2.30. The van der Waals surface area contributed by atoms with E-state index in [-0.39, 0.29) is 24.9 Å². The fourth-order valence-electron chi connectivity index (χ4n) is 1.65. The van der Waals surface area contributed by atoms with E-state index in [0.717, 1.165) is 6.07 Å². The highest BCUT2D eigenvalue weighted by molar-refractivity contribution is 5.53. The van der Waals surface area contributed by atoms with Crippen LogP contribution >= 0.6 is 0 Å². The number of aliphatic hydroxyl groups is 1. The average molecular weight is 316 g/mol. The Kier molecular flexibility index (Phi) is 4.50. The Morgan fingerprint density at radius 2 is 2.05 bits per heavy atom. The van der Waals surface area contributed by atoms with E-state index in [2.05, 4.69) is 20.4 Å². The van der Waals surface area contributed by atoms with Gasteiger partial charge in [-0.1, -0.05) is 0 Å². The summed E-state index contributed by atoms with van der Waals surface area (Å²) in [4.78, 5) is 8.95. The number of nitrogens with zero attached hydrogens (tertiary/aromatic N) is 5. The van der Waals surface area contributed by atoms with Gasteiger partial charge in [0, 0.05) is 26.4 Å². The molecule has 0 saturated heterocycles. The lowest BCUT2D eigenvalue weighted by Crippen LogP contribution is -2.16. The molecule has 0 radical (unpaired) electrons. The van der Waals surface area contributed by atoms with Gasteiger partial charge in [0.25, 0.3) is 0 Å². The number of aromatic nitrogens is 4. The minimum absolute atomic E-state index is 0.0913. The van der Waals surface area contributed by atoms with Crippen LogP contribution in [0.4, 0.5) is 30.6 Å². The van der Waals surface area contributed by atoms with Gasteiger partial charge in [0.1, 0.15) is 5.82 Å². The molecule has 0 aliphatic rings. The van der Waals surface area contributed by atoms with E-state index in [1.54, 1.807) is 14.1 Å². The highest BCUT2D eigenvalue weighted by atomic mass is 19.4. The number of aliphatic hydroxyl groups excluding tert-OH is 1. The normalized spacial score (nSPS) is 11.5. The van der Waals surface area contributed by atoms with Crippen LogP contribution in [-0.2, 0) is 12.7 Å². The summed E-state index contributed by atoms with van der Waals surface area (Å²) in [5.41, 5.74) is -0.603. The van der Waals surface area contributed by atoms with E-state index in [4.69, 9.17) is 5.11 Å². The molecule has 2 aromatic heterocycles. The van der Waals surface area contributed by atoms with Gasteiger partial charge in [0.2, 0.25) is 5.95 Å². The smallest absolute Gasteiger partial charge is 0.394 e. The second kappa shape index (κ2) is 6.18. The topological polar surface area (TPSA) is 79.1 Å². The van der Waals surface area contributed by atoms with Crippen molar-refractivity contribution in [2.75, 3.05) is 30.9 Å². The molecule has 10 heteroatoms. The standard InChI is InChI=1S/C12H15F3N6O/c1-20(2)10-5-9(12(13,14)15)18-11(19-10)17-8-6-16-21(7-8)3-4-22/h5-7,22H,3-4H2,1-2H3,(H,17,18,19). The van der Waals surface area contributed by atoms with Gasteiger partial charge < -0.3 is 15.3 Å². The number of hydrogen-bond acceptors (Lipinski definition) is 6. The number of halogens is 3. The molecule has 0 atom stereocenters. The molecule has 120 valence electrons. The van der Waals surface area contributed by atoms with Crippen LogP contribution in [0, 0.1) is 0 Å². The van der Waals surface area contributed by atoms with Gasteiger partial charge in [-0.15, -0.1) is 0 Å². The lowest BCUT2D eigenvalue weighted by Gasteiger charge is -2.15. The number of alkyl halides is 3. The SMILES string of the molecule is CN(C)c1cc(C(F)(F)F)nc(Nc2cnn(CCO)c2)n1. The zero-order valence-corrected chi connectivity index (χ0v) is 12.0. The Hall–Kier alpha value is -2.36. The van der Waals surface area contributed by atoms with Crippen molar-refractivity contribution in [1.29, 1.82) is 0 Å². The van der Waals surface area contributed by atoms with E-state index in [1.165, 1.54) is 22.0 Å². The van der Waals surface area contributed by atoms with Gasteiger partial charge in [-0.05, 0) is 0 Å². The van der Waals surface area contributed by atoms with Crippen molar-refractivity contribution in [3.05, 3.63) is 24.2 Å². The third-order valence-electron chi connectivity index (χ3n) is 2.68. The van der Waals surface area contributed by atoms with Crippen LogP contribution in [0.3, 0.4) is 0 Å². The van der Waals surface area contributed by atoms with Crippen LogP contribution in [0.15, 0.2) is 18.5 Å². The summed E-state index contributed by atoms with van der Waals surface area (Å²) < 4.78 is 40.1. The monoisotopic (exact) mass is 316 g/mol. The predicted molar refractivity (Wildman–Crippen MR) is 74.0 cm³/mol. The lowest BCUT2D eigenvalue weighted by molar-refractivity contribution is -0.141. The molecule has 0 aromatic carbocycles. The van der Waals surface area contributed by atoms with E-state index in [1.807, 2.05) is 0 Å². The van der Waals surface area contributed by atoms with Crippen molar-refractivity contribution in [3.8, 4) is 0 Å². The molecule has 0 bridgehead atoms. The van der Waals surface area contributed by atoms with Crippen LogP contribution < -0.4 is 10.2 Å². The largest absolute Gasteiger partial charge is 0.433 e. The van der Waals surface area contributed by atoms with Crippen molar-refractivity contribution in [3.63, 3.8) is 0 Å². The summed E-state index contributed by atoms with van der Waals surface area (Å²) in [6, 6.07) is 0.875. The highest BCUT2D eigenvalue weighted by Crippen LogP contribution is 2.30. The summed E-state index contributed by atoms with van der Waals surface area (Å²) in [6.07, 6.45) is -1.62. The molecule has 0 amide bonds. The number of hydrogen-bond donors (Lipinski definition) is 2. The number of rotatable bonds is 5. The molecule has 2 aromatic rings. The molecule has 7 nitrogen and oxygen atoms in total. The Bertz CT molecular complexity index is 640. The van der Waals surface area contributed by atoms with Gasteiger partial charge in [0.05, 0.1) is 25.0 Å². The van der Waals surface area contributed by atoms with E-state index in [9.17, 15) is 13.2 Å². The van der Waals surface area contributed by atoms with Crippen LogP contribution in [-0.4, -0.2) is 45.6 Å². The van der Waals surface area contributed by atoms with Crippen LogP contribution in [0.2, 0.25) is 0 Å². The fraction of sp³-hybridized carbons (Fsp3) is 0.417. The first-order valence-corrected chi connectivity index (χ1v) is 6.33. The van der Waals surface area contributed by atoms with E-state index in [0.29, 0.717) is 5.69 Å². The van der Waals surface area contributed by atoms with Crippen LogP contribution in [0.1, 0.15) is 5.69 Å². The third-order valence-corrected chi connectivity index (χ3v) is 2.68.